The molecule has 0 spiro atoms. The van der Waals surface area contributed by atoms with Crippen molar-refractivity contribution in [2.45, 2.75) is 58.3 Å². The summed E-state index contributed by atoms with van der Waals surface area (Å²) < 4.78 is 9.99. The maximum Gasteiger partial charge on any atom is 0.316 e. The Hall–Kier alpha value is -1.67. The lowest BCUT2D eigenvalue weighted by atomic mass is 9.93. The number of carboxylic acid groups (broad SMARTS) is 1. The fourth-order valence-corrected chi connectivity index (χ4v) is 1.90. The van der Waals surface area contributed by atoms with E-state index in [9.17, 15) is 19.5 Å². The van der Waals surface area contributed by atoms with Crippen molar-refractivity contribution in [1.82, 2.24) is 0 Å². The second kappa shape index (κ2) is 13.6. The lowest BCUT2D eigenvalue weighted by Gasteiger charge is -2.24. The van der Waals surface area contributed by atoms with Gasteiger partial charge in [-0.25, -0.2) is 0 Å². The molecule has 0 aliphatic heterocycles. The zero-order valence-electron chi connectivity index (χ0n) is 14.9. The standard InChI is InChI=1S/C17H30O8/c1-17(16(22)23,12-24-14(20)8-4-2-6-10-18)13-25-15(21)9-5-3-7-11-19/h18-19H,2-13H2,1H3,(H,22,23). The van der Waals surface area contributed by atoms with Crippen molar-refractivity contribution in [3.05, 3.63) is 0 Å². The van der Waals surface area contributed by atoms with Crippen molar-refractivity contribution in [3.8, 4) is 0 Å². The first-order valence-electron chi connectivity index (χ1n) is 8.62. The van der Waals surface area contributed by atoms with E-state index in [1.165, 1.54) is 6.92 Å². The van der Waals surface area contributed by atoms with Crippen molar-refractivity contribution in [2.24, 2.45) is 5.41 Å². The average Bonchev–Trinajstić information content (AvgIpc) is 2.58. The Balaban J connectivity index is 4.20. The largest absolute Gasteiger partial charge is 0.481 e. The van der Waals surface area contributed by atoms with Crippen LogP contribution in [0.2, 0.25) is 0 Å². The fourth-order valence-electron chi connectivity index (χ4n) is 1.90. The number of aliphatic carboxylic acids is 1. The highest BCUT2D eigenvalue weighted by Gasteiger charge is 2.36. The molecule has 8 heteroatoms. The number of aliphatic hydroxyl groups excluding tert-OH is 2. The van der Waals surface area contributed by atoms with Gasteiger partial charge in [0, 0.05) is 26.1 Å². The molecule has 0 amide bonds. The Morgan fingerprint density at radius 1 is 0.760 bits per heavy atom. The van der Waals surface area contributed by atoms with Crippen molar-refractivity contribution in [3.63, 3.8) is 0 Å². The first-order chi connectivity index (χ1) is 11.9. The lowest BCUT2D eigenvalue weighted by molar-refractivity contribution is -0.165. The minimum Gasteiger partial charge on any atom is -0.481 e. The fraction of sp³-hybridized carbons (Fsp3) is 0.824. The summed E-state index contributed by atoms with van der Waals surface area (Å²) >= 11 is 0. The summed E-state index contributed by atoms with van der Waals surface area (Å²) in [6, 6.07) is 0. The van der Waals surface area contributed by atoms with E-state index < -0.39 is 23.3 Å². The van der Waals surface area contributed by atoms with E-state index in [2.05, 4.69) is 0 Å². The number of hydrogen-bond acceptors (Lipinski definition) is 7. The minimum atomic E-state index is -1.50. The molecule has 0 saturated carbocycles. The molecule has 0 atom stereocenters. The van der Waals surface area contributed by atoms with Gasteiger partial charge in [0.2, 0.25) is 0 Å². The van der Waals surface area contributed by atoms with Crippen LogP contribution >= 0.6 is 0 Å². The van der Waals surface area contributed by atoms with Crippen molar-refractivity contribution >= 4 is 17.9 Å². The maximum atomic E-state index is 11.6. The smallest absolute Gasteiger partial charge is 0.316 e. The zero-order chi connectivity index (χ0) is 19.1. The molecule has 0 radical (unpaired) electrons. The number of carboxylic acids is 1. The van der Waals surface area contributed by atoms with Crippen LogP contribution in [0.5, 0.6) is 0 Å². The predicted octanol–water partition coefficient (Wildman–Crippen LogP) is 1.27. The highest BCUT2D eigenvalue weighted by atomic mass is 16.6. The Kier molecular flexibility index (Phi) is 12.7. The number of unbranched alkanes of at least 4 members (excludes halogenated alkanes) is 4. The van der Waals surface area contributed by atoms with E-state index in [-0.39, 0.29) is 39.3 Å². The second-order valence-electron chi connectivity index (χ2n) is 6.26. The van der Waals surface area contributed by atoms with Crippen molar-refractivity contribution in [2.75, 3.05) is 26.4 Å². The van der Waals surface area contributed by atoms with Gasteiger partial charge in [-0.3, -0.25) is 14.4 Å². The summed E-state index contributed by atoms with van der Waals surface area (Å²) in [7, 11) is 0. The number of rotatable bonds is 15. The predicted molar refractivity (Wildman–Crippen MR) is 88.8 cm³/mol. The molecule has 0 fully saturated rings. The molecule has 0 bridgehead atoms. The summed E-state index contributed by atoms with van der Waals surface area (Å²) in [5.41, 5.74) is -1.50. The summed E-state index contributed by atoms with van der Waals surface area (Å²) in [6.45, 7) is 0.736. The van der Waals surface area contributed by atoms with Crippen molar-refractivity contribution in [1.29, 1.82) is 0 Å². The Bertz CT molecular complexity index is 379. The van der Waals surface area contributed by atoms with Crippen LogP contribution in [0.3, 0.4) is 0 Å². The average molecular weight is 362 g/mol. The van der Waals surface area contributed by atoms with Gasteiger partial charge in [0.15, 0.2) is 0 Å². The van der Waals surface area contributed by atoms with Crippen LogP contribution in [0.1, 0.15) is 58.3 Å². The Morgan fingerprint density at radius 2 is 1.16 bits per heavy atom. The van der Waals surface area contributed by atoms with Gasteiger partial charge in [-0.2, -0.15) is 0 Å². The molecule has 0 saturated heterocycles. The van der Waals surface area contributed by atoms with E-state index in [4.69, 9.17) is 19.7 Å². The number of esters is 2. The quantitative estimate of drug-likeness (QED) is 0.293. The second-order valence-corrected chi connectivity index (χ2v) is 6.26. The molecule has 0 rings (SSSR count). The lowest BCUT2D eigenvalue weighted by Crippen LogP contribution is -2.39. The molecule has 0 aromatic heterocycles. The number of carbonyl (C=O) groups is 3. The summed E-state index contributed by atoms with van der Waals surface area (Å²) in [4.78, 5) is 34.6. The molecule has 8 nitrogen and oxygen atoms in total. The van der Waals surface area contributed by atoms with E-state index in [1.807, 2.05) is 0 Å². The maximum absolute atomic E-state index is 11.6. The topological polar surface area (TPSA) is 130 Å². The number of carbonyl (C=O) groups excluding carboxylic acids is 2. The van der Waals surface area contributed by atoms with Gasteiger partial charge in [-0.15, -0.1) is 0 Å². The molecule has 146 valence electrons. The van der Waals surface area contributed by atoms with Crippen LogP contribution in [-0.4, -0.2) is 59.7 Å². The van der Waals surface area contributed by atoms with E-state index in [1.54, 1.807) is 0 Å². The number of aliphatic hydroxyl groups is 2. The van der Waals surface area contributed by atoms with Gasteiger partial charge in [-0.05, 0) is 32.6 Å². The van der Waals surface area contributed by atoms with Crippen LogP contribution in [0.15, 0.2) is 0 Å². The molecule has 0 aliphatic rings. The molecule has 0 heterocycles. The molecule has 3 N–H and O–H groups in total. The Morgan fingerprint density at radius 3 is 1.48 bits per heavy atom. The minimum absolute atomic E-state index is 0.0670. The van der Waals surface area contributed by atoms with Crippen LogP contribution in [-0.2, 0) is 23.9 Å². The molecule has 25 heavy (non-hydrogen) atoms. The summed E-state index contributed by atoms with van der Waals surface area (Å²) in [5, 5.41) is 26.6. The molecule has 0 aromatic carbocycles. The monoisotopic (exact) mass is 362 g/mol. The molecule has 0 aromatic rings. The Labute approximate surface area is 148 Å². The number of hydrogen-bond donors (Lipinski definition) is 3. The molecular weight excluding hydrogens is 332 g/mol. The zero-order valence-corrected chi connectivity index (χ0v) is 14.9. The van der Waals surface area contributed by atoms with E-state index >= 15 is 0 Å². The summed E-state index contributed by atoms with van der Waals surface area (Å²) in [5.74, 6) is -2.24. The van der Waals surface area contributed by atoms with Crippen LogP contribution in [0.4, 0.5) is 0 Å². The molecule has 0 aliphatic carbocycles. The third kappa shape index (κ3) is 11.5. The third-order valence-electron chi connectivity index (χ3n) is 3.70. The first kappa shape index (κ1) is 23.3. The molecule has 0 unspecified atom stereocenters. The van der Waals surface area contributed by atoms with Gasteiger partial charge in [0.05, 0.1) is 0 Å². The van der Waals surface area contributed by atoms with E-state index in [0.717, 1.165) is 0 Å². The van der Waals surface area contributed by atoms with Gasteiger partial charge in [0.25, 0.3) is 0 Å². The van der Waals surface area contributed by atoms with Crippen LogP contribution < -0.4 is 0 Å². The van der Waals surface area contributed by atoms with Gasteiger partial charge in [0.1, 0.15) is 18.6 Å². The summed E-state index contributed by atoms with van der Waals surface area (Å²) in [6.07, 6.45) is 4.02. The van der Waals surface area contributed by atoms with E-state index in [0.29, 0.717) is 38.5 Å². The van der Waals surface area contributed by atoms with Gasteiger partial charge in [-0.1, -0.05) is 12.8 Å². The number of ether oxygens (including phenoxy) is 2. The first-order valence-corrected chi connectivity index (χ1v) is 8.62. The SMILES string of the molecule is CC(COC(=O)CCCCCO)(COC(=O)CCCCCO)C(=O)O. The van der Waals surface area contributed by atoms with Gasteiger partial charge < -0.3 is 24.8 Å². The highest BCUT2D eigenvalue weighted by molar-refractivity contribution is 5.76. The van der Waals surface area contributed by atoms with Crippen LogP contribution in [0, 0.1) is 5.41 Å². The highest BCUT2D eigenvalue weighted by Crippen LogP contribution is 2.19. The van der Waals surface area contributed by atoms with Gasteiger partial charge >= 0.3 is 17.9 Å². The molecular formula is C17H30O8. The normalized spacial score (nSPS) is 11.2. The van der Waals surface area contributed by atoms with Crippen molar-refractivity contribution < 1.29 is 39.2 Å². The van der Waals surface area contributed by atoms with Crippen LogP contribution in [0.25, 0.3) is 0 Å². The third-order valence-corrected chi connectivity index (χ3v) is 3.70.